The molecule has 0 heterocycles. The summed E-state index contributed by atoms with van der Waals surface area (Å²) in [7, 11) is 2.19. The van der Waals surface area contributed by atoms with Crippen molar-refractivity contribution in [1.29, 1.82) is 0 Å². The number of hydrogen-bond acceptors (Lipinski definition) is 2. The first-order chi connectivity index (χ1) is 7.13. The molecule has 3 atom stereocenters. The minimum Gasteiger partial charge on any atom is -0.393 e. The number of aliphatic hydroxyl groups excluding tert-OH is 1. The molecule has 0 radical (unpaired) electrons. The first-order valence-electron chi connectivity index (χ1n) is 6.50. The lowest BCUT2D eigenvalue weighted by atomic mass is 10.0. The Labute approximate surface area is 94.7 Å². The molecule has 2 heteroatoms. The summed E-state index contributed by atoms with van der Waals surface area (Å²) in [6.45, 7) is 6.83. The monoisotopic (exact) mass is 213 g/mol. The summed E-state index contributed by atoms with van der Waals surface area (Å²) in [5.74, 6) is 1.32. The third kappa shape index (κ3) is 4.52. The van der Waals surface area contributed by atoms with Crippen molar-refractivity contribution in [3.05, 3.63) is 0 Å². The molecule has 3 unspecified atom stereocenters. The van der Waals surface area contributed by atoms with Crippen LogP contribution in [0.4, 0.5) is 0 Å². The zero-order valence-electron chi connectivity index (χ0n) is 10.6. The predicted molar refractivity (Wildman–Crippen MR) is 64.9 cm³/mol. The van der Waals surface area contributed by atoms with E-state index in [0.29, 0.717) is 5.92 Å². The van der Waals surface area contributed by atoms with Gasteiger partial charge in [0.25, 0.3) is 0 Å². The van der Waals surface area contributed by atoms with E-state index < -0.39 is 0 Å². The Balaban J connectivity index is 2.19. The van der Waals surface area contributed by atoms with Gasteiger partial charge in [0.2, 0.25) is 0 Å². The van der Waals surface area contributed by atoms with Gasteiger partial charge in [0.1, 0.15) is 0 Å². The van der Waals surface area contributed by atoms with Gasteiger partial charge in [-0.3, -0.25) is 0 Å². The molecule has 1 aliphatic rings. The molecular formula is C13H27NO. The quantitative estimate of drug-likeness (QED) is 0.733. The topological polar surface area (TPSA) is 23.5 Å². The lowest BCUT2D eigenvalue weighted by Gasteiger charge is -2.25. The van der Waals surface area contributed by atoms with Gasteiger partial charge in [-0.15, -0.1) is 0 Å². The van der Waals surface area contributed by atoms with Gasteiger partial charge in [-0.2, -0.15) is 0 Å². The van der Waals surface area contributed by atoms with E-state index in [4.69, 9.17) is 0 Å². The zero-order chi connectivity index (χ0) is 11.3. The molecule has 90 valence electrons. The highest BCUT2D eigenvalue weighted by Gasteiger charge is 2.26. The maximum atomic E-state index is 9.75. The molecule has 0 aromatic rings. The molecule has 2 nitrogen and oxygen atoms in total. The Morgan fingerprint density at radius 3 is 2.67 bits per heavy atom. The first kappa shape index (κ1) is 13.0. The van der Waals surface area contributed by atoms with E-state index in [1.165, 1.54) is 32.2 Å². The summed E-state index contributed by atoms with van der Waals surface area (Å²) in [4.78, 5) is 2.40. The molecule has 1 fully saturated rings. The van der Waals surface area contributed by atoms with Crippen molar-refractivity contribution in [2.75, 3.05) is 20.1 Å². The minimum absolute atomic E-state index is 0.0334. The second-order valence-corrected chi connectivity index (χ2v) is 5.37. The summed E-state index contributed by atoms with van der Waals surface area (Å²) in [6, 6.07) is 0. The van der Waals surface area contributed by atoms with Crippen molar-refractivity contribution in [1.82, 2.24) is 4.90 Å². The lowest BCUT2D eigenvalue weighted by molar-refractivity contribution is 0.105. The Kier molecular flexibility index (Phi) is 5.62. The van der Waals surface area contributed by atoms with E-state index in [-0.39, 0.29) is 6.10 Å². The maximum Gasteiger partial charge on any atom is 0.0580 e. The summed E-state index contributed by atoms with van der Waals surface area (Å²) in [5.41, 5.74) is 0. The summed E-state index contributed by atoms with van der Waals surface area (Å²) < 4.78 is 0. The summed E-state index contributed by atoms with van der Waals surface area (Å²) in [5, 5.41) is 9.75. The van der Waals surface area contributed by atoms with Crippen LogP contribution in [-0.4, -0.2) is 36.2 Å². The van der Waals surface area contributed by atoms with E-state index >= 15 is 0 Å². The van der Waals surface area contributed by atoms with E-state index in [0.717, 1.165) is 18.9 Å². The fourth-order valence-electron chi connectivity index (χ4n) is 2.82. The molecular weight excluding hydrogens is 186 g/mol. The second kappa shape index (κ2) is 6.49. The molecule has 15 heavy (non-hydrogen) atoms. The Morgan fingerprint density at radius 2 is 2.13 bits per heavy atom. The number of nitrogens with zero attached hydrogens (tertiary/aromatic N) is 1. The SMILES string of the molecule is CCCC(C)CN(C)CC1CCCC1O. The van der Waals surface area contributed by atoms with Crippen LogP contribution in [0.15, 0.2) is 0 Å². The highest BCUT2D eigenvalue weighted by atomic mass is 16.3. The third-order valence-electron chi connectivity index (χ3n) is 3.57. The molecule has 0 aliphatic heterocycles. The molecule has 0 saturated heterocycles. The average molecular weight is 213 g/mol. The normalized spacial score (nSPS) is 28.6. The van der Waals surface area contributed by atoms with Crippen molar-refractivity contribution in [3.8, 4) is 0 Å². The number of aliphatic hydroxyl groups is 1. The van der Waals surface area contributed by atoms with Crippen molar-refractivity contribution in [2.45, 2.75) is 52.1 Å². The average Bonchev–Trinajstić information content (AvgIpc) is 2.52. The standard InChI is InChI=1S/C13H27NO/c1-4-6-11(2)9-14(3)10-12-7-5-8-13(12)15/h11-13,15H,4-10H2,1-3H3. The molecule has 0 amide bonds. The molecule has 0 aromatic heterocycles. The largest absolute Gasteiger partial charge is 0.393 e. The second-order valence-electron chi connectivity index (χ2n) is 5.37. The number of rotatable bonds is 6. The molecule has 1 aliphatic carbocycles. The summed E-state index contributed by atoms with van der Waals surface area (Å²) >= 11 is 0. The molecule has 1 N–H and O–H groups in total. The highest BCUT2D eigenvalue weighted by Crippen LogP contribution is 2.26. The molecule has 1 rings (SSSR count). The van der Waals surface area contributed by atoms with Gasteiger partial charge in [0.15, 0.2) is 0 Å². The Morgan fingerprint density at radius 1 is 1.40 bits per heavy atom. The van der Waals surface area contributed by atoms with Crippen LogP contribution in [0, 0.1) is 11.8 Å². The smallest absolute Gasteiger partial charge is 0.0580 e. The molecule has 0 bridgehead atoms. The van der Waals surface area contributed by atoms with Crippen molar-refractivity contribution in [2.24, 2.45) is 11.8 Å². The van der Waals surface area contributed by atoms with E-state index in [1.807, 2.05) is 0 Å². The van der Waals surface area contributed by atoms with E-state index in [9.17, 15) is 5.11 Å². The Bertz CT molecular complexity index is 172. The van der Waals surface area contributed by atoms with Gasteiger partial charge in [0, 0.05) is 13.1 Å². The van der Waals surface area contributed by atoms with Crippen LogP contribution >= 0.6 is 0 Å². The minimum atomic E-state index is -0.0334. The van der Waals surface area contributed by atoms with Gasteiger partial charge >= 0.3 is 0 Å². The van der Waals surface area contributed by atoms with Gasteiger partial charge in [-0.25, -0.2) is 0 Å². The van der Waals surface area contributed by atoms with Crippen LogP contribution in [0.1, 0.15) is 46.0 Å². The molecule has 0 spiro atoms. The van der Waals surface area contributed by atoms with Crippen LogP contribution in [0.25, 0.3) is 0 Å². The fourth-order valence-corrected chi connectivity index (χ4v) is 2.82. The van der Waals surface area contributed by atoms with Crippen LogP contribution in [-0.2, 0) is 0 Å². The number of hydrogen-bond donors (Lipinski definition) is 1. The van der Waals surface area contributed by atoms with Gasteiger partial charge < -0.3 is 10.0 Å². The maximum absolute atomic E-state index is 9.75. The van der Waals surface area contributed by atoms with E-state index in [1.54, 1.807) is 0 Å². The lowest BCUT2D eigenvalue weighted by Crippen LogP contribution is -2.32. The van der Waals surface area contributed by atoms with Crippen LogP contribution in [0.5, 0.6) is 0 Å². The van der Waals surface area contributed by atoms with E-state index in [2.05, 4.69) is 25.8 Å². The van der Waals surface area contributed by atoms with Crippen molar-refractivity contribution >= 4 is 0 Å². The predicted octanol–water partition coefficient (Wildman–Crippen LogP) is 2.52. The molecule has 0 aromatic carbocycles. The van der Waals surface area contributed by atoms with Gasteiger partial charge in [0.05, 0.1) is 6.10 Å². The fraction of sp³-hybridized carbons (Fsp3) is 1.00. The molecule has 1 saturated carbocycles. The highest BCUT2D eigenvalue weighted by molar-refractivity contribution is 4.79. The van der Waals surface area contributed by atoms with Gasteiger partial charge in [-0.1, -0.05) is 26.7 Å². The van der Waals surface area contributed by atoms with Crippen molar-refractivity contribution < 1.29 is 5.11 Å². The first-order valence-corrected chi connectivity index (χ1v) is 6.50. The van der Waals surface area contributed by atoms with Gasteiger partial charge in [-0.05, 0) is 38.1 Å². The zero-order valence-corrected chi connectivity index (χ0v) is 10.6. The van der Waals surface area contributed by atoms with Crippen molar-refractivity contribution in [3.63, 3.8) is 0 Å². The third-order valence-corrected chi connectivity index (χ3v) is 3.57. The summed E-state index contributed by atoms with van der Waals surface area (Å²) in [6.07, 6.45) is 6.01. The van der Waals surface area contributed by atoms with Crippen LogP contribution in [0.2, 0.25) is 0 Å². The van der Waals surface area contributed by atoms with Crippen LogP contribution < -0.4 is 0 Å². The van der Waals surface area contributed by atoms with Crippen LogP contribution in [0.3, 0.4) is 0 Å². The Hall–Kier alpha value is -0.0800.